The van der Waals surface area contributed by atoms with Gasteiger partial charge in [0.1, 0.15) is 5.82 Å². The van der Waals surface area contributed by atoms with E-state index in [0.717, 1.165) is 15.9 Å². The summed E-state index contributed by atoms with van der Waals surface area (Å²) in [6.07, 6.45) is 1.87. The quantitative estimate of drug-likeness (QED) is 0.879. The van der Waals surface area contributed by atoms with Crippen LogP contribution in [0.3, 0.4) is 0 Å². The predicted molar refractivity (Wildman–Crippen MR) is 76.0 cm³/mol. The third-order valence-electron chi connectivity index (χ3n) is 2.65. The van der Waals surface area contributed by atoms with Crippen LogP contribution >= 0.6 is 15.9 Å². The van der Waals surface area contributed by atoms with E-state index < -0.39 is 0 Å². The molecule has 0 saturated heterocycles. The first-order valence-electron chi connectivity index (χ1n) is 5.70. The second-order valence-electron chi connectivity index (χ2n) is 4.03. The number of hydrogen-bond acceptors (Lipinski definition) is 4. The van der Waals surface area contributed by atoms with Crippen LogP contribution in [-0.4, -0.2) is 22.9 Å². The van der Waals surface area contributed by atoms with Gasteiger partial charge in [-0.2, -0.15) is 5.10 Å². The molecule has 0 aliphatic carbocycles. The lowest BCUT2D eigenvalue weighted by atomic mass is 10.1. The van der Waals surface area contributed by atoms with Gasteiger partial charge in [-0.3, -0.25) is 4.68 Å². The topological polar surface area (TPSA) is 56.1 Å². The average Bonchev–Trinajstić information content (AvgIpc) is 2.82. The molecule has 0 bridgehead atoms. The molecule has 1 heterocycles. The summed E-state index contributed by atoms with van der Waals surface area (Å²) in [4.78, 5) is 11.4. The smallest absolute Gasteiger partial charge is 0.337 e. The van der Waals surface area contributed by atoms with E-state index in [1.54, 1.807) is 16.8 Å². The monoisotopic (exact) mass is 323 g/mol. The fourth-order valence-electron chi connectivity index (χ4n) is 1.63. The maximum absolute atomic E-state index is 11.4. The molecule has 100 valence electrons. The molecule has 2 rings (SSSR count). The van der Waals surface area contributed by atoms with E-state index in [-0.39, 0.29) is 5.97 Å². The van der Waals surface area contributed by atoms with Crippen molar-refractivity contribution in [1.29, 1.82) is 0 Å². The van der Waals surface area contributed by atoms with Crippen LogP contribution in [0, 0.1) is 0 Å². The number of aryl methyl sites for hydroxylation is 1. The number of rotatable bonds is 4. The largest absolute Gasteiger partial charge is 0.465 e. The summed E-state index contributed by atoms with van der Waals surface area (Å²) >= 11 is 3.45. The zero-order chi connectivity index (χ0) is 13.8. The number of methoxy groups -OCH3 is 1. The molecule has 5 nitrogen and oxygen atoms in total. The number of ether oxygens (including phenoxy) is 1. The Morgan fingerprint density at radius 2 is 2.26 bits per heavy atom. The van der Waals surface area contributed by atoms with Crippen LogP contribution in [0.2, 0.25) is 0 Å². The van der Waals surface area contributed by atoms with Crippen molar-refractivity contribution in [2.24, 2.45) is 7.05 Å². The number of halogens is 1. The molecule has 1 N–H and O–H groups in total. The zero-order valence-corrected chi connectivity index (χ0v) is 12.3. The molecular formula is C13H14BrN3O2. The average molecular weight is 324 g/mol. The van der Waals surface area contributed by atoms with E-state index in [2.05, 4.69) is 31.1 Å². The van der Waals surface area contributed by atoms with Gasteiger partial charge in [0.15, 0.2) is 0 Å². The van der Waals surface area contributed by atoms with Gasteiger partial charge < -0.3 is 10.1 Å². The number of anilines is 1. The number of carbonyl (C=O) groups excluding carboxylic acids is 1. The van der Waals surface area contributed by atoms with Crippen LogP contribution in [0.25, 0.3) is 0 Å². The second kappa shape index (κ2) is 5.88. The highest BCUT2D eigenvalue weighted by Crippen LogP contribution is 2.20. The van der Waals surface area contributed by atoms with Crippen molar-refractivity contribution >= 4 is 27.7 Å². The number of carbonyl (C=O) groups is 1. The Kier molecular flexibility index (Phi) is 4.21. The summed E-state index contributed by atoms with van der Waals surface area (Å²) < 4.78 is 7.27. The third-order valence-corrected chi connectivity index (χ3v) is 3.39. The van der Waals surface area contributed by atoms with Crippen molar-refractivity contribution in [2.45, 2.75) is 6.54 Å². The van der Waals surface area contributed by atoms with Gasteiger partial charge in [0.2, 0.25) is 0 Å². The maximum Gasteiger partial charge on any atom is 0.337 e. The highest BCUT2D eigenvalue weighted by molar-refractivity contribution is 9.10. The van der Waals surface area contributed by atoms with Crippen LogP contribution in [0.1, 0.15) is 15.9 Å². The van der Waals surface area contributed by atoms with E-state index in [1.807, 2.05) is 25.4 Å². The summed E-state index contributed by atoms with van der Waals surface area (Å²) in [5.41, 5.74) is 1.56. The molecule has 1 aromatic heterocycles. The molecule has 6 heteroatoms. The predicted octanol–water partition coefficient (Wildman–Crippen LogP) is 2.58. The standard InChI is InChI=1S/C13H14BrN3O2/c1-17-6-5-12(16-17)15-8-10-4-3-9(7-11(10)14)13(18)19-2/h3-7H,8H2,1-2H3,(H,15,16). The van der Waals surface area contributed by atoms with Crippen molar-refractivity contribution in [3.05, 3.63) is 46.1 Å². The van der Waals surface area contributed by atoms with Crippen molar-refractivity contribution in [3.8, 4) is 0 Å². The number of nitrogens with one attached hydrogen (secondary N) is 1. The van der Waals surface area contributed by atoms with E-state index in [0.29, 0.717) is 12.1 Å². The molecule has 0 aliphatic rings. The van der Waals surface area contributed by atoms with Crippen molar-refractivity contribution in [1.82, 2.24) is 9.78 Å². The minimum atomic E-state index is -0.343. The van der Waals surface area contributed by atoms with Crippen LogP contribution < -0.4 is 5.32 Å². The number of aromatic nitrogens is 2. The molecule has 0 unspecified atom stereocenters. The number of esters is 1. The first kappa shape index (κ1) is 13.6. The Bertz CT molecular complexity index is 595. The van der Waals surface area contributed by atoms with Gasteiger partial charge in [-0.1, -0.05) is 22.0 Å². The lowest BCUT2D eigenvalue weighted by molar-refractivity contribution is 0.0600. The van der Waals surface area contributed by atoms with Gasteiger partial charge >= 0.3 is 5.97 Å². The van der Waals surface area contributed by atoms with Crippen LogP contribution in [0.5, 0.6) is 0 Å². The van der Waals surface area contributed by atoms with Crippen molar-refractivity contribution < 1.29 is 9.53 Å². The van der Waals surface area contributed by atoms with Gasteiger partial charge in [-0.05, 0) is 17.7 Å². The SMILES string of the molecule is COC(=O)c1ccc(CNc2ccn(C)n2)c(Br)c1. The molecule has 0 amide bonds. The first-order chi connectivity index (χ1) is 9.10. The number of nitrogens with zero attached hydrogens (tertiary/aromatic N) is 2. The minimum absolute atomic E-state index is 0.343. The fraction of sp³-hybridized carbons (Fsp3) is 0.231. The van der Waals surface area contributed by atoms with E-state index in [4.69, 9.17) is 0 Å². The molecule has 0 atom stereocenters. The second-order valence-corrected chi connectivity index (χ2v) is 4.88. The molecule has 0 aliphatic heterocycles. The van der Waals surface area contributed by atoms with Gasteiger partial charge in [0.25, 0.3) is 0 Å². The van der Waals surface area contributed by atoms with Crippen molar-refractivity contribution in [3.63, 3.8) is 0 Å². The summed E-state index contributed by atoms with van der Waals surface area (Å²) in [5, 5.41) is 7.44. The molecule has 0 radical (unpaired) electrons. The minimum Gasteiger partial charge on any atom is -0.465 e. The fourth-order valence-corrected chi connectivity index (χ4v) is 2.15. The van der Waals surface area contributed by atoms with Gasteiger partial charge in [-0.15, -0.1) is 0 Å². The highest BCUT2D eigenvalue weighted by Gasteiger charge is 2.08. The molecule has 19 heavy (non-hydrogen) atoms. The van der Waals surface area contributed by atoms with Gasteiger partial charge in [-0.25, -0.2) is 4.79 Å². The normalized spacial score (nSPS) is 10.3. The summed E-state index contributed by atoms with van der Waals surface area (Å²) in [5.74, 6) is 0.469. The number of benzene rings is 1. The molecule has 0 spiro atoms. The van der Waals surface area contributed by atoms with Crippen LogP contribution in [0.15, 0.2) is 34.9 Å². The molecule has 1 aromatic carbocycles. The summed E-state index contributed by atoms with van der Waals surface area (Å²) in [6, 6.07) is 7.27. The Hall–Kier alpha value is -1.82. The summed E-state index contributed by atoms with van der Waals surface area (Å²) in [6.45, 7) is 0.624. The van der Waals surface area contributed by atoms with Crippen LogP contribution in [-0.2, 0) is 18.3 Å². The van der Waals surface area contributed by atoms with E-state index in [9.17, 15) is 4.79 Å². The van der Waals surface area contributed by atoms with E-state index >= 15 is 0 Å². The lowest BCUT2D eigenvalue weighted by Crippen LogP contribution is -2.04. The Morgan fingerprint density at radius 1 is 1.47 bits per heavy atom. The lowest BCUT2D eigenvalue weighted by Gasteiger charge is -2.07. The number of hydrogen-bond donors (Lipinski definition) is 1. The summed E-state index contributed by atoms with van der Waals surface area (Å²) in [7, 11) is 3.24. The molecular weight excluding hydrogens is 310 g/mol. The Labute approximate surface area is 119 Å². The van der Waals surface area contributed by atoms with Gasteiger partial charge in [0.05, 0.1) is 12.7 Å². The highest BCUT2D eigenvalue weighted by atomic mass is 79.9. The Balaban J connectivity index is 2.07. The third kappa shape index (κ3) is 3.35. The Morgan fingerprint density at radius 3 is 2.84 bits per heavy atom. The molecule has 0 saturated carbocycles. The first-order valence-corrected chi connectivity index (χ1v) is 6.49. The zero-order valence-electron chi connectivity index (χ0n) is 10.7. The van der Waals surface area contributed by atoms with Crippen LogP contribution in [0.4, 0.5) is 5.82 Å². The maximum atomic E-state index is 11.4. The van der Waals surface area contributed by atoms with Gasteiger partial charge in [0, 0.05) is 30.3 Å². The van der Waals surface area contributed by atoms with E-state index in [1.165, 1.54) is 7.11 Å². The molecule has 0 fully saturated rings. The molecule has 2 aromatic rings. The van der Waals surface area contributed by atoms with Crippen molar-refractivity contribution in [2.75, 3.05) is 12.4 Å².